The van der Waals surface area contributed by atoms with E-state index in [1.165, 1.54) is 12.4 Å². The van der Waals surface area contributed by atoms with Crippen LogP contribution in [0, 0.1) is 5.82 Å². The van der Waals surface area contributed by atoms with Crippen molar-refractivity contribution in [1.29, 1.82) is 0 Å². The fourth-order valence-corrected chi connectivity index (χ4v) is 5.81. The Kier molecular flexibility index (Phi) is 8.03. The Morgan fingerprint density at radius 1 is 1.19 bits per heavy atom. The summed E-state index contributed by atoms with van der Waals surface area (Å²) < 4.78 is 27.6. The molecular weight excluding hydrogens is 539 g/mol. The number of carboxylic acids is 1. The van der Waals surface area contributed by atoms with Crippen LogP contribution < -0.4 is 9.64 Å². The smallest absolute Gasteiger partial charge is 0.335 e. The minimum absolute atomic E-state index is 0.0727. The van der Waals surface area contributed by atoms with Gasteiger partial charge in [-0.3, -0.25) is 9.88 Å². The van der Waals surface area contributed by atoms with Crippen LogP contribution >= 0.6 is 0 Å². The zero-order chi connectivity index (χ0) is 29.2. The van der Waals surface area contributed by atoms with Gasteiger partial charge >= 0.3 is 5.97 Å². The SMILES string of the molecule is CC1CCC(CN(C)c2cccc(OCc3ccncc3F)n2)N1Cc1nc2ccc(C(=O)O)cc2n1CC1CCO1. The van der Waals surface area contributed by atoms with E-state index in [4.69, 9.17) is 14.5 Å². The summed E-state index contributed by atoms with van der Waals surface area (Å²) in [4.78, 5) is 29.7. The molecule has 3 aromatic heterocycles. The molecule has 6 rings (SSSR count). The molecule has 4 aromatic rings. The average Bonchev–Trinajstić information content (AvgIpc) is 3.48. The van der Waals surface area contributed by atoms with Gasteiger partial charge in [0.05, 0.1) is 42.0 Å². The maximum Gasteiger partial charge on any atom is 0.335 e. The number of carboxylic acid groups (broad SMARTS) is 1. The molecule has 2 aliphatic rings. The quantitative estimate of drug-likeness (QED) is 0.277. The fraction of sp³-hybridized carbons (Fsp3) is 0.419. The van der Waals surface area contributed by atoms with Gasteiger partial charge in [0.25, 0.3) is 0 Å². The maximum atomic E-state index is 14.0. The van der Waals surface area contributed by atoms with Crippen LogP contribution in [0.1, 0.15) is 47.9 Å². The van der Waals surface area contributed by atoms with Gasteiger partial charge in [-0.1, -0.05) is 6.07 Å². The van der Waals surface area contributed by atoms with E-state index >= 15 is 0 Å². The second-order valence-electron chi connectivity index (χ2n) is 11.2. The first-order valence-corrected chi connectivity index (χ1v) is 14.3. The number of rotatable bonds is 11. The van der Waals surface area contributed by atoms with E-state index < -0.39 is 11.8 Å². The van der Waals surface area contributed by atoms with E-state index in [0.29, 0.717) is 30.6 Å². The molecule has 220 valence electrons. The molecule has 0 amide bonds. The number of likely N-dealkylation sites (N-methyl/N-ethyl adjacent to an activating group) is 1. The number of hydrogen-bond acceptors (Lipinski definition) is 8. The van der Waals surface area contributed by atoms with Crippen LogP contribution in [0.15, 0.2) is 54.9 Å². The number of hydrogen-bond donors (Lipinski definition) is 1. The third-order valence-electron chi connectivity index (χ3n) is 8.35. The van der Waals surface area contributed by atoms with Crippen molar-refractivity contribution in [2.75, 3.05) is 25.1 Å². The highest BCUT2D eigenvalue weighted by molar-refractivity contribution is 5.92. The summed E-state index contributed by atoms with van der Waals surface area (Å²) in [5, 5.41) is 9.57. The normalized spacial score (nSPS) is 20.5. The molecule has 2 fully saturated rings. The van der Waals surface area contributed by atoms with Crippen molar-refractivity contribution in [1.82, 2.24) is 24.4 Å². The standard InChI is InChI=1S/C31H35FN6O4/c1-20-6-8-23(16-36(2)28-4-3-5-30(35-28)42-19-22-10-12-33-15-25(22)32)37(20)18-29-34-26-9-7-21(31(39)40)14-27(26)38(29)17-24-11-13-41-24/h3-5,7,9-10,12,14-15,20,23-24H,6,8,11,13,16-19H2,1-2H3,(H,39,40). The highest BCUT2D eigenvalue weighted by Gasteiger charge is 2.33. The summed E-state index contributed by atoms with van der Waals surface area (Å²) in [7, 11) is 2.02. The molecule has 1 N–H and O–H groups in total. The first kappa shape index (κ1) is 28.0. The highest BCUT2D eigenvalue weighted by atomic mass is 19.1. The largest absolute Gasteiger partial charge is 0.478 e. The number of nitrogens with zero attached hydrogens (tertiary/aromatic N) is 6. The van der Waals surface area contributed by atoms with Crippen LogP contribution in [0.4, 0.5) is 10.2 Å². The molecule has 3 unspecified atom stereocenters. The van der Waals surface area contributed by atoms with E-state index in [1.54, 1.807) is 30.3 Å². The molecule has 0 radical (unpaired) electrons. The summed E-state index contributed by atoms with van der Waals surface area (Å²) in [5.74, 6) is 0.770. The number of aromatic nitrogens is 4. The predicted octanol–water partition coefficient (Wildman–Crippen LogP) is 4.52. The van der Waals surface area contributed by atoms with Crippen molar-refractivity contribution in [2.24, 2.45) is 0 Å². The maximum absolute atomic E-state index is 14.0. The van der Waals surface area contributed by atoms with Crippen LogP contribution in [-0.2, 0) is 24.4 Å². The summed E-state index contributed by atoms with van der Waals surface area (Å²) in [5.41, 5.74) is 2.30. The number of likely N-dealkylation sites (tertiary alicyclic amines) is 1. The van der Waals surface area contributed by atoms with E-state index in [1.807, 2.05) is 19.2 Å². The van der Waals surface area contributed by atoms with Crippen molar-refractivity contribution >= 4 is 22.8 Å². The second kappa shape index (κ2) is 12.0. The van der Waals surface area contributed by atoms with Gasteiger partial charge in [0.1, 0.15) is 24.1 Å². The van der Waals surface area contributed by atoms with Gasteiger partial charge in [-0.05, 0) is 56.5 Å². The summed E-state index contributed by atoms with van der Waals surface area (Å²) in [6.45, 7) is 5.14. The number of anilines is 1. The Labute approximate surface area is 243 Å². The van der Waals surface area contributed by atoms with Crippen molar-refractivity contribution < 1.29 is 23.8 Å². The number of ether oxygens (including phenoxy) is 2. The fourth-order valence-electron chi connectivity index (χ4n) is 5.81. The molecule has 11 heteroatoms. The van der Waals surface area contributed by atoms with E-state index in [0.717, 1.165) is 55.1 Å². The second-order valence-corrected chi connectivity index (χ2v) is 11.2. The number of fused-ring (bicyclic) bond motifs is 1. The van der Waals surface area contributed by atoms with Gasteiger partial charge < -0.3 is 24.0 Å². The number of halogens is 1. The minimum atomic E-state index is -0.949. The topological polar surface area (TPSA) is 106 Å². The van der Waals surface area contributed by atoms with Crippen molar-refractivity contribution in [3.05, 3.63) is 77.6 Å². The summed E-state index contributed by atoms with van der Waals surface area (Å²) >= 11 is 0. The minimum Gasteiger partial charge on any atom is -0.478 e. The van der Waals surface area contributed by atoms with Gasteiger partial charge in [-0.25, -0.2) is 14.2 Å². The molecule has 2 saturated heterocycles. The number of aromatic carboxylic acids is 1. The monoisotopic (exact) mass is 574 g/mol. The van der Waals surface area contributed by atoms with Gasteiger partial charge in [0, 0.05) is 50.1 Å². The molecule has 10 nitrogen and oxygen atoms in total. The van der Waals surface area contributed by atoms with E-state index in [2.05, 4.69) is 31.3 Å². The lowest BCUT2D eigenvalue weighted by molar-refractivity contribution is -0.0592. The Morgan fingerprint density at radius 2 is 2.05 bits per heavy atom. The van der Waals surface area contributed by atoms with Crippen LogP contribution in [0.2, 0.25) is 0 Å². The van der Waals surface area contributed by atoms with Gasteiger partial charge in [0.15, 0.2) is 0 Å². The van der Waals surface area contributed by atoms with Crippen LogP contribution in [0.3, 0.4) is 0 Å². The van der Waals surface area contributed by atoms with E-state index in [-0.39, 0.29) is 24.3 Å². The molecule has 0 saturated carbocycles. The molecule has 1 aromatic carbocycles. The number of benzene rings is 1. The lowest BCUT2D eigenvalue weighted by atomic mass is 10.1. The predicted molar refractivity (Wildman–Crippen MR) is 155 cm³/mol. The van der Waals surface area contributed by atoms with Gasteiger partial charge in [-0.2, -0.15) is 4.98 Å². The van der Waals surface area contributed by atoms with Gasteiger partial charge in [0.2, 0.25) is 5.88 Å². The Hall–Kier alpha value is -4.09. The van der Waals surface area contributed by atoms with Crippen LogP contribution in [-0.4, -0.2) is 73.9 Å². The number of carbonyl (C=O) groups is 1. The molecular formula is C31H35FN6O4. The van der Waals surface area contributed by atoms with Crippen molar-refractivity contribution in [2.45, 2.75) is 64.1 Å². The first-order chi connectivity index (χ1) is 20.4. The third kappa shape index (κ3) is 5.93. The van der Waals surface area contributed by atoms with Crippen molar-refractivity contribution in [3.63, 3.8) is 0 Å². The molecule has 5 heterocycles. The number of pyridine rings is 2. The number of imidazole rings is 1. The van der Waals surface area contributed by atoms with Crippen molar-refractivity contribution in [3.8, 4) is 5.88 Å². The summed E-state index contributed by atoms with van der Waals surface area (Å²) in [6.07, 6.45) is 5.92. The Bertz CT molecular complexity index is 1570. The lowest BCUT2D eigenvalue weighted by Gasteiger charge is -2.32. The molecule has 0 spiro atoms. The lowest BCUT2D eigenvalue weighted by Crippen LogP contribution is -2.42. The van der Waals surface area contributed by atoms with E-state index in [9.17, 15) is 14.3 Å². The molecule has 0 bridgehead atoms. The van der Waals surface area contributed by atoms with Crippen LogP contribution in [0.25, 0.3) is 11.0 Å². The highest BCUT2D eigenvalue weighted by Crippen LogP contribution is 2.30. The molecule has 42 heavy (non-hydrogen) atoms. The molecule has 0 aliphatic carbocycles. The molecule has 2 aliphatic heterocycles. The molecule has 3 atom stereocenters. The first-order valence-electron chi connectivity index (χ1n) is 14.3. The third-order valence-corrected chi connectivity index (χ3v) is 8.35. The van der Waals surface area contributed by atoms with Gasteiger partial charge in [-0.15, -0.1) is 0 Å². The Morgan fingerprint density at radius 3 is 2.81 bits per heavy atom. The summed E-state index contributed by atoms with van der Waals surface area (Å²) in [6, 6.07) is 13.0. The zero-order valence-electron chi connectivity index (χ0n) is 23.8. The Balaban J connectivity index is 1.18. The van der Waals surface area contributed by atoms with Crippen LogP contribution in [0.5, 0.6) is 5.88 Å². The average molecular weight is 575 g/mol. The zero-order valence-corrected chi connectivity index (χ0v) is 23.8.